The van der Waals surface area contributed by atoms with Gasteiger partial charge in [0.15, 0.2) is 0 Å². The number of nitrogens with zero attached hydrogens (tertiary/aromatic N) is 4. The summed E-state index contributed by atoms with van der Waals surface area (Å²) in [6.07, 6.45) is 9.16. The molecule has 0 amide bonds. The van der Waals surface area contributed by atoms with E-state index in [0.29, 0.717) is 6.04 Å². The van der Waals surface area contributed by atoms with Gasteiger partial charge in [0.25, 0.3) is 0 Å². The molecule has 0 radical (unpaired) electrons. The maximum Gasteiger partial charge on any atom is 0.116 e. The number of fused-ring (bicyclic) bond motifs is 2. The SMILES string of the molecule is CC(C)Nc1cncc(-c2ccc3[nH]nc(-c4cc5c(-c6cccnc6)nccc5[nH]4)c3c2)c1. The Kier molecular flexibility index (Phi) is 4.80. The molecular formula is C27H23N7. The van der Waals surface area contributed by atoms with Gasteiger partial charge in [-0.2, -0.15) is 5.10 Å². The topological polar surface area (TPSA) is 95.2 Å². The molecule has 6 aromatic rings. The second-order valence-corrected chi connectivity index (χ2v) is 8.64. The number of rotatable bonds is 5. The molecular weight excluding hydrogens is 422 g/mol. The molecule has 1 aromatic carbocycles. The third kappa shape index (κ3) is 3.57. The molecule has 5 heterocycles. The Hall–Kier alpha value is -4.52. The van der Waals surface area contributed by atoms with Crippen LogP contribution in [0.3, 0.4) is 0 Å². The highest BCUT2D eigenvalue weighted by atomic mass is 15.1. The van der Waals surface area contributed by atoms with Crippen LogP contribution in [0.1, 0.15) is 13.8 Å². The molecule has 166 valence electrons. The third-order valence-corrected chi connectivity index (χ3v) is 5.83. The highest BCUT2D eigenvalue weighted by molar-refractivity contribution is 6.00. The minimum absolute atomic E-state index is 0.341. The van der Waals surface area contributed by atoms with E-state index in [2.05, 4.69) is 79.6 Å². The van der Waals surface area contributed by atoms with Crippen molar-refractivity contribution in [3.8, 4) is 33.8 Å². The standard InChI is InChI=1S/C27H23N7/c1-16(2)31-20-10-19(14-29-15-20)17-5-6-24-21(11-17)27(34-33-24)25-12-22-23(32-25)7-9-30-26(22)18-4-3-8-28-13-18/h3-16,31-32H,1-2H3,(H,33,34). The van der Waals surface area contributed by atoms with Gasteiger partial charge in [0.2, 0.25) is 0 Å². The molecule has 3 N–H and O–H groups in total. The molecule has 0 unspecified atom stereocenters. The highest BCUT2D eigenvalue weighted by Gasteiger charge is 2.15. The maximum atomic E-state index is 4.64. The number of aromatic amines is 2. The summed E-state index contributed by atoms with van der Waals surface area (Å²) in [7, 11) is 0. The zero-order chi connectivity index (χ0) is 23.1. The third-order valence-electron chi connectivity index (χ3n) is 5.83. The second kappa shape index (κ2) is 8.12. The van der Waals surface area contributed by atoms with Gasteiger partial charge in [-0.25, -0.2) is 0 Å². The molecule has 0 aliphatic carbocycles. The van der Waals surface area contributed by atoms with Gasteiger partial charge < -0.3 is 10.3 Å². The van der Waals surface area contributed by atoms with Crippen LogP contribution in [0.4, 0.5) is 5.69 Å². The van der Waals surface area contributed by atoms with Crippen LogP contribution in [0.15, 0.2) is 79.5 Å². The van der Waals surface area contributed by atoms with Gasteiger partial charge in [-0.05, 0) is 61.9 Å². The molecule has 0 saturated carbocycles. The van der Waals surface area contributed by atoms with E-state index in [1.54, 1.807) is 6.20 Å². The summed E-state index contributed by atoms with van der Waals surface area (Å²) in [5.74, 6) is 0. The fraction of sp³-hybridized carbons (Fsp3) is 0.111. The van der Waals surface area contributed by atoms with Crippen LogP contribution in [0.5, 0.6) is 0 Å². The van der Waals surface area contributed by atoms with E-state index in [1.165, 1.54) is 0 Å². The zero-order valence-corrected chi connectivity index (χ0v) is 18.9. The highest BCUT2D eigenvalue weighted by Crippen LogP contribution is 2.34. The minimum Gasteiger partial charge on any atom is -0.382 e. The fourth-order valence-electron chi connectivity index (χ4n) is 4.32. The average molecular weight is 446 g/mol. The van der Waals surface area contributed by atoms with Crippen molar-refractivity contribution in [2.45, 2.75) is 19.9 Å². The maximum absolute atomic E-state index is 4.64. The first-order chi connectivity index (χ1) is 16.7. The summed E-state index contributed by atoms with van der Waals surface area (Å²) in [5.41, 5.74) is 8.82. The molecule has 6 rings (SSSR count). The molecule has 7 heteroatoms. The number of hydrogen-bond donors (Lipinski definition) is 3. The van der Waals surface area contributed by atoms with E-state index in [4.69, 9.17) is 0 Å². The number of anilines is 1. The Bertz CT molecular complexity index is 1610. The number of benzene rings is 1. The van der Waals surface area contributed by atoms with Crippen molar-refractivity contribution in [3.05, 3.63) is 79.5 Å². The number of hydrogen-bond acceptors (Lipinski definition) is 5. The molecule has 0 saturated heterocycles. The van der Waals surface area contributed by atoms with E-state index >= 15 is 0 Å². The lowest BCUT2D eigenvalue weighted by molar-refractivity contribution is 0.898. The fourth-order valence-corrected chi connectivity index (χ4v) is 4.32. The monoisotopic (exact) mass is 445 g/mol. The summed E-state index contributed by atoms with van der Waals surface area (Å²) in [6, 6.07) is 16.8. The van der Waals surface area contributed by atoms with E-state index < -0.39 is 0 Å². The zero-order valence-electron chi connectivity index (χ0n) is 18.9. The lowest BCUT2D eigenvalue weighted by Crippen LogP contribution is -2.09. The Morgan fingerprint density at radius 1 is 0.765 bits per heavy atom. The van der Waals surface area contributed by atoms with Crippen molar-refractivity contribution < 1.29 is 0 Å². The van der Waals surface area contributed by atoms with Crippen LogP contribution in [0.25, 0.3) is 55.6 Å². The van der Waals surface area contributed by atoms with Crippen LogP contribution in [-0.4, -0.2) is 36.2 Å². The average Bonchev–Trinajstić information content (AvgIpc) is 3.48. The number of nitrogens with one attached hydrogen (secondary N) is 3. The lowest BCUT2D eigenvalue weighted by Gasteiger charge is -2.11. The Labute approximate surface area is 196 Å². The molecule has 7 nitrogen and oxygen atoms in total. The molecule has 0 aliphatic rings. The lowest BCUT2D eigenvalue weighted by atomic mass is 10.0. The summed E-state index contributed by atoms with van der Waals surface area (Å²) in [4.78, 5) is 16.8. The Morgan fingerprint density at radius 2 is 1.65 bits per heavy atom. The van der Waals surface area contributed by atoms with Gasteiger partial charge in [-0.15, -0.1) is 0 Å². The molecule has 34 heavy (non-hydrogen) atoms. The number of H-pyrrole nitrogens is 2. The first-order valence-electron chi connectivity index (χ1n) is 11.2. The predicted octanol–water partition coefficient (Wildman–Crippen LogP) is 6.05. The summed E-state index contributed by atoms with van der Waals surface area (Å²) in [6.45, 7) is 4.23. The van der Waals surface area contributed by atoms with E-state index in [-0.39, 0.29) is 0 Å². The molecule has 0 spiro atoms. The Morgan fingerprint density at radius 3 is 2.50 bits per heavy atom. The number of pyridine rings is 3. The smallest absolute Gasteiger partial charge is 0.116 e. The van der Waals surface area contributed by atoms with Gasteiger partial charge in [0.05, 0.1) is 22.6 Å². The van der Waals surface area contributed by atoms with Crippen molar-refractivity contribution in [3.63, 3.8) is 0 Å². The van der Waals surface area contributed by atoms with Gasteiger partial charge in [0, 0.05) is 64.4 Å². The van der Waals surface area contributed by atoms with Gasteiger partial charge in [0.1, 0.15) is 5.69 Å². The van der Waals surface area contributed by atoms with Crippen molar-refractivity contribution in [1.82, 2.24) is 30.1 Å². The van der Waals surface area contributed by atoms with Crippen LogP contribution in [-0.2, 0) is 0 Å². The molecule has 0 atom stereocenters. The van der Waals surface area contributed by atoms with Crippen LogP contribution in [0.2, 0.25) is 0 Å². The first kappa shape index (κ1) is 20.1. The van der Waals surface area contributed by atoms with E-state index in [9.17, 15) is 0 Å². The van der Waals surface area contributed by atoms with Crippen molar-refractivity contribution in [2.24, 2.45) is 0 Å². The van der Waals surface area contributed by atoms with Gasteiger partial charge in [-0.1, -0.05) is 6.07 Å². The number of aromatic nitrogens is 6. The second-order valence-electron chi connectivity index (χ2n) is 8.64. The first-order valence-corrected chi connectivity index (χ1v) is 11.2. The van der Waals surface area contributed by atoms with Crippen molar-refractivity contribution >= 4 is 27.5 Å². The summed E-state index contributed by atoms with van der Waals surface area (Å²) >= 11 is 0. The van der Waals surface area contributed by atoms with Crippen LogP contribution < -0.4 is 5.32 Å². The quantitative estimate of drug-likeness (QED) is 0.300. The molecule has 0 bridgehead atoms. The summed E-state index contributed by atoms with van der Waals surface area (Å²) in [5, 5.41) is 13.3. The van der Waals surface area contributed by atoms with E-state index in [0.717, 1.165) is 61.3 Å². The van der Waals surface area contributed by atoms with Gasteiger partial charge >= 0.3 is 0 Å². The van der Waals surface area contributed by atoms with Crippen LogP contribution in [0, 0.1) is 0 Å². The minimum atomic E-state index is 0.341. The predicted molar refractivity (Wildman–Crippen MR) is 136 cm³/mol. The summed E-state index contributed by atoms with van der Waals surface area (Å²) < 4.78 is 0. The molecule has 5 aromatic heterocycles. The van der Waals surface area contributed by atoms with Gasteiger partial charge in [-0.3, -0.25) is 20.1 Å². The Balaban J connectivity index is 1.45. The molecule has 0 fully saturated rings. The largest absolute Gasteiger partial charge is 0.382 e. The molecule has 0 aliphatic heterocycles. The van der Waals surface area contributed by atoms with Crippen LogP contribution >= 0.6 is 0 Å². The van der Waals surface area contributed by atoms with Crippen molar-refractivity contribution in [1.29, 1.82) is 0 Å². The van der Waals surface area contributed by atoms with Crippen molar-refractivity contribution in [2.75, 3.05) is 5.32 Å². The van der Waals surface area contributed by atoms with E-state index in [1.807, 2.05) is 43.0 Å². The normalized spacial score (nSPS) is 11.5.